The third-order valence-corrected chi connectivity index (χ3v) is 4.39. The number of rotatable bonds is 5. The molecule has 0 amide bonds. The van der Waals surface area contributed by atoms with Crippen LogP contribution in [0, 0.1) is 19.7 Å². The van der Waals surface area contributed by atoms with Gasteiger partial charge in [0.15, 0.2) is 6.61 Å². The van der Waals surface area contributed by atoms with Crippen molar-refractivity contribution >= 4 is 23.4 Å². The van der Waals surface area contributed by atoms with Crippen LogP contribution in [0.3, 0.4) is 0 Å². The number of Topliss-reactive ketones (excluding diaryl/α,β-unsaturated/α-hetero) is 1. The fourth-order valence-electron chi connectivity index (χ4n) is 2.83. The van der Waals surface area contributed by atoms with E-state index in [-0.39, 0.29) is 16.5 Å². The van der Waals surface area contributed by atoms with Gasteiger partial charge in [-0.3, -0.25) is 4.79 Å². The molecule has 0 saturated heterocycles. The van der Waals surface area contributed by atoms with Crippen molar-refractivity contribution in [1.82, 2.24) is 9.55 Å². The average molecular weight is 387 g/mol. The van der Waals surface area contributed by atoms with Crippen LogP contribution in [0.1, 0.15) is 32.2 Å². The zero-order chi connectivity index (χ0) is 19.6. The topological polar surface area (TPSA) is 61.2 Å². The van der Waals surface area contributed by atoms with Crippen LogP contribution < -0.4 is 0 Å². The largest absolute Gasteiger partial charge is 0.453 e. The number of carbonyl (C=O) groups is 2. The minimum absolute atomic E-state index is 0.00262. The molecule has 0 aliphatic carbocycles. The Morgan fingerprint density at radius 2 is 1.96 bits per heavy atom. The minimum atomic E-state index is -0.664. The quantitative estimate of drug-likeness (QED) is 0.484. The van der Waals surface area contributed by atoms with E-state index in [0.717, 1.165) is 5.69 Å². The van der Waals surface area contributed by atoms with Gasteiger partial charge in [0.25, 0.3) is 0 Å². The molecule has 7 heteroatoms. The predicted molar refractivity (Wildman–Crippen MR) is 99.1 cm³/mol. The molecule has 2 heterocycles. The van der Waals surface area contributed by atoms with Crippen molar-refractivity contribution in [3.8, 4) is 5.69 Å². The molecular formula is C20H16ClFN2O3. The summed E-state index contributed by atoms with van der Waals surface area (Å²) in [5.74, 6) is -1.52. The summed E-state index contributed by atoms with van der Waals surface area (Å²) in [6, 6.07) is 10.9. The first-order valence-corrected chi connectivity index (χ1v) is 8.52. The van der Waals surface area contributed by atoms with Gasteiger partial charge in [-0.1, -0.05) is 17.7 Å². The summed E-state index contributed by atoms with van der Waals surface area (Å²) in [5, 5.41) is -0.00262. The van der Waals surface area contributed by atoms with Gasteiger partial charge in [-0.05, 0) is 50.2 Å². The summed E-state index contributed by atoms with van der Waals surface area (Å²) in [7, 11) is 0. The molecule has 138 valence electrons. The number of benzene rings is 1. The third-order valence-electron chi connectivity index (χ3n) is 4.10. The lowest BCUT2D eigenvalue weighted by molar-refractivity contribution is 0.0468. The van der Waals surface area contributed by atoms with Crippen LogP contribution >= 0.6 is 11.6 Å². The number of halogens is 2. The van der Waals surface area contributed by atoms with E-state index in [1.54, 1.807) is 35.8 Å². The lowest BCUT2D eigenvalue weighted by atomic mass is 10.1. The highest BCUT2D eigenvalue weighted by Gasteiger charge is 2.19. The lowest BCUT2D eigenvalue weighted by Crippen LogP contribution is -2.15. The maximum atomic E-state index is 13.4. The molecule has 0 aliphatic heterocycles. The van der Waals surface area contributed by atoms with Crippen LogP contribution in [-0.4, -0.2) is 27.9 Å². The zero-order valence-corrected chi connectivity index (χ0v) is 15.5. The summed E-state index contributed by atoms with van der Waals surface area (Å²) < 4.78 is 20.3. The molecule has 0 radical (unpaired) electrons. The normalized spacial score (nSPS) is 10.7. The number of carbonyl (C=O) groups excluding carboxylic acids is 2. The van der Waals surface area contributed by atoms with E-state index < -0.39 is 18.4 Å². The van der Waals surface area contributed by atoms with Gasteiger partial charge in [0.2, 0.25) is 5.78 Å². The van der Waals surface area contributed by atoms with E-state index in [0.29, 0.717) is 16.9 Å². The molecule has 0 spiro atoms. The van der Waals surface area contributed by atoms with Crippen LogP contribution in [0.2, 0.25) is 5.02 Å². The summed E-state index contributed by atoms with van der Waals surface area (Å²) in [6.07, 6.45) is 1.47. The van der Waals surface area contributed by atoms with Gasteiger partial charge in [0.1, 0.15) is 11.5 Å². The Hall–Kier alpha value is -2.99. The Kier molecular flexibility index (Phi) is 5.37. The molecule has 0 unspecified atom stereocenters. The van der Waals surface area contributed by atoms with Crippen molar-refractivity contribution < 1.29 is 18.7 Å². The van der Waals surface area contributed by atoms with E-state index in [1.807, 2.05) is 6.92 Å². The molecule has 5 nitrogen and oxygen atoms in total. The molecule has 3 aromatic rings. The Balaban J connectivity index is 1.80. The van der Waals surface area contributed by atoms with Gasteiger partial charge in [-0.25, -0.2) is 14.2 Å². The van der Waals surface area contributed by atoms with E-state index in [2.05, 4.69) is 4.98 Å². The van der Waals surface area contributed by atoms with Crippen LogP contribution in [0.5, 0.6) is 0 Å². The Labute approximate surface area is 160 Å². The number of aryl methyl sites for hydroxylation is 1. The molecular weight excluding hydrogens is 371 g/mol. The van der Waals surface area contributed by atoms with Gasteiger partial charge in [-0.2, -0.15) is 0 Å². The molecule has 0 aliphatic rings. The van der Waals surface area contributed by atoms with Crippen molar-refractivity contribution in [2.75, 3.05) is 6.61 Å². The van der Waals surface area contributed by atoms with Gasteiger partial charge >= 0.3 is 5.97 Å². The zero-order valence-electron chi connectivity index (χ0n) is 14.7. The standard InChI is InChI=1S/C20H16ClFN2O3/c1-12-9-15(13(2)24(12)14-6-7-17(22)16(21)10-14)19(25)11-27-20(26)18-5-3-4-8-23-18/h3-10H,11H2,1-2H3. The first kappa shape index (κ1) is 18.8. The second-order valence-electron chi connectivity index (χ2n) is 5.93. The molecule has 27 heavy (non-hydrogen) atoms. The second kappa shape index (κ2) is 7.72. The minimum Gasteiger partial charge on any atom is -0.453 e. The molecule has 0 fully saturated rings. The fraction of sp³-hybridized carbons (Fsp3) is 0.150. The van der Waals surface area contributed by atoms with E-state index in [9.17, 15) is 14.0 Å². The molecule has 0 saturated carbocycles. The van der Waals surface area contributed by atoms with Gasteiger partial charge in [0, 0.05) is 28.8 Å². The van der Waals surface area contributed by atoms with Crippen molar-refractivity contribution in [2.24, 2.45) is 0 Å². The second-order valence-corrected chi connectivity index (χ2v) is 6.34. The van der Waals surface area contributed by atoms with Gasteiger partial charge < -0.3 is 9.30 Å². The van der Waals surface area contributed by atoms with E-state index >= 15 is 0 Å². The Bertz CT molecular complexity index is 1020. The number of esters is 1. The van der Waals surface area contributed by atoms with Crippen molar-refractivity contribution in [1.29, 1.82) is 0 Å². The summed E-state index contributed by atoms with van der Waals surface area (Å²) >= 11 is 5.86. The van der Waals surface area contributed by atoms with Crippen LogP contribution in [0.15, 0.2) is 48.7 Å². The number of ketones is 1. The molecule has 0 bridgehead atoms. The van der Waals surface area contributed by atoms with Crippen molar-refractivity contribution in [3.63, 3.8) is 0 Å². The van der Waals surface area contributed by atoms with Crippen molar-refractivity contribution in [3.05, 3.63) is 82.1 Å². The monoisotopic (exact) mass is 386 g/mol. The van der Waals surface area contributed by atoms with E-state index in [1.165, 1.54) is 24.4 Å². The number of hydrogen-bond donors (Lipinski definition) is 0. The first-order chi connectivity index (χ1) is 12.9. The SMILES string of the molecule is Cc1cc(C(=O)COC(=O)c2ccccn2)c(C)n1-c1ccc(F)c(Cl)c1. The predicted octanol–water partition coefficient (Wildman–Crippen LogP) is 4.32. The maximum Gasteiger partial charge on any atom is 0.357 e. The highest BCUT2D eigenvalue weighted by atomic mass is 35.5. The molecule has 0 N–H and O–H groups in total. The van der Waals surface area contributed by atoms with Crippen LogP contribution in [0.25, 0.3) is 5.69 Å². The third kappa shape index (κ3) is 3.90. The maximum absolute atomic E-state index is 13.4. The van der Waals surface area contributed by atoms with Gasteiger partial charge in [0.05, 0.1) is 5.02 Å². The van der Waals surface area contributed by atoms with Crippen molar-refractivity contribution in [2.45, 2.75) is 13.8 Å². The van der Waals surface area contributed by atoms with Crippen LogP contribution in [0.4, 0.5) is 4.39 Å². The summed E-state index contributed by atoms with van der Waals surface area (Å²) in [6.45, 7) is 3.18. The first-order valence-electron chi connectivity index (χ1n) is 8.14. The number of aromatic nitrogens is 2. The fourth-order valence-corrected chi connectivity index (χ4v) is 3.01. The number of ether oxygens (including phenoxy) is 1. The summed E-state index contributed by atoms with van der Waals surface area (Å²) in [4.78, 5) is 28.3. The van der Waals surface area contributed by atoms with Crippen LogP contribution in [-0.2, 0) is 4.74 Å². The highest BCUT2D eigenvalue weighted by Crippen LogP contribution is 2.25. The molecule has 0 atom stereocenters. The average Bonchev–Trinajstić information content (AvgIpc) is 2.97. The molecule has 2 aromatic heterocycles. The number of pyridine rings is 1. The summed E-state index contributed by atoms with van der Waals surface area (Å²) in [5.41, 5.74) is 2.61. The molecule has 3 rings (SSSR count). The van der Waals surface area contributed by atoms with Gasteiger partial charge in [-0.15, -0.1) is 0 Å². The molecule has 1 aromatic carbocycles. The highest BCUT2D eigenvalue weighted by molar-refractivity contribution is 6.30. The number of nitrogens with zero attached hydrogens (tertiary/aromatic N) is 2. The number of hydrogen-bond acceptors (Lipinski definition) is 4. The Morgan fingerprint density at radius 3 is 2.63 bits per heavy atom. The van der Waals surface area contributed by atoms with E-state index in [4.69, 9.17) is 16.3 Å². The lowest BCUT2D eigenvalue weighted by Gasteiger charge is -2.10. The smallest absolute Gasteiger partial charge is 0.357 e. The Morgan fingerprint density at radius 1 is 1.19 bits per heavy atom.